The number of amides is 1. The number of hydrogen-bond acceptors (Lipinski definition) is 3. The van der Waals surface area contributed by atoms with Crippen LogP contribution in [0.3, 0.4) is 0 Å². The van der Waals surface area contributed by atoms with Crippen LogP contribution in [0.4, 0.5) is 0 Å². The van der Waals surface area contributed by atoms with Gasteiger partial charge in [-0.25, -0.2) is 0 Å². The topological polar surface area (TPSA) is 41.6 Å². The monoisotopic (exact) mass is 228 g/mol. The van der Waals surface area contributed by atoms with Gasteiger partial charge < -0.3 is 9.64 Å². The van der Waals surface area contributed by atoms with Gasteiger partial charge in [-0.1, -0.05) is 13.8 Å². The van der Waals surface area contributed by atoms with Crippen molar-refractivity contribution in [1.29, 1.82) is 0 Å². The molecule has 1 saturated heterocycles. The Bertz CT molecular complexity index is 243. The molecule has 1 aliphatic rings. The van der Waals surface area contributed by atoms with Crippen molar-refractivity contribution in [1.82, 2.24) is 10.2 Å². The van der Waals surface area contributed by atoms with Crippen molar-refractivity contribution in [3.63, 3.8) is 0 Å². The highest BCUT2D eigenvalue weighted by Gasteiger charge is 2.36. The Morgan fingerprint density at radius 1 is 1.44 bits per heavy atom. The van der Waals surface area contributed by atoms with E-state index in [0.717, 1.165) is 6.42 Å². The minimum atomic E-state index is -0.0148. The molecule has 3 unspecified atom stereocenters. The van der Waals surface area contributed by atoms with E-state index >= 15 is 0 Å². The van der Waals surface area contributed by atoms with Crippen LogP contribution in [0.1, 0.15) is 34.1 Å². The summed E-state index contributed by atoms with van der Waals surface area (Å²) < 4.78 is 5.20. The van der Waals surface area contributed by atoms with Gasteiger partial charge in [-0.3, -0.25) is 10.1 Å². The van der Waals surface area contributed by atoms with Gasteiger partial charge >= 0.3 is 0 Å². The summed E-state index contributed by atoms with van der Waals surface area (Å²) in [6, 6.07) is -0.0148. The molecule has 1 amide bonds. The highest BCUT2D eigenvalue weighted by Crippen LogP contribution is 2.17. The number of carbonyl (C=O) groups excluding carboxylic acids is 1. The molecule has 0 aromatic heterocycles. The van der Waals surface area contributed by atoms with Gasteiger partial charge in [-0.15, -0.1) is 0 Å². The second-order valence-electron chi connectivity index (χ2n) is 5.06. The highest BCUT2D eigenvalue weighted by molar-refractivity contribution is 5.84. The molecule has 0 saturated carbocycles. The van der Waals surface area contributed by atoms with Crippen LogP contribution in [0.2, 0.25) is 0 Å². The Morgan fingerprint density at radius 3 is 2.56 bits per heavy atom. The molecule has 0 aliphatic carbocycles. The molecule has 3 atom stereocenters. The summed E-state index contributed by atoms with van der Waals surface area (Å²) in [6.45, 7) is 8.95. The number of rotatable bonds is 5. The van der Waals surface area contributed by atoms with Gasteiger partial charge in [-0.2, -0.15) is 0 Å². The van der Waals surface area contributed by atoms with Crippen molar-refractivity contribution >= 4 is 5.91 Å². The van der Waals surface area contributed by atoms with Crippen molar-refractivity contribution in [2.24, 2.45) is 5.92 Å². The Kier molecular flexibility index (Phi) is 4.74. The smallest absolute Gasteiger partial charge is 0.241 e. The number of methoxy groups -OCH3 is 1. The van der Waals surface area contributed by atoms with Crippen LogP contribution >= 0.6 is 0 Å². The summed E-state index contributed by atoms with van der Waals surface area (Å²) >= 11 is 0. The molecule has 4 nitrogen and oxygen atoms in total. The zero-order chi connectivity index (χ0) is 12.3. The van der Waals surface area contributed by atoms with Crippen LogP contribution in [-0.2, 0) is 9.53 Å². The van der Waals surface area contributed by atoms with Crippen molar-refractivity contribution in [3.8, 4) is 0 Å². The van der Waals surface area contributed by atoms with Gasteiger partial charge in [0.25, 0.3) is 0 Å². The van der Waals surface area contributed by atoms with Crippen LogP contribution < -0.4 is 5.32 Å². The standard InChI is InChI=1S/C12H24N2O2/c1-8(2)6-11-12(15)14(10(4)13-11)7-9(3)16-5/h8-11,13H,6-7H2,1-5H3. The second kappa shape index (κ2) is 5.64. The second-order valence-corrected chi connectivity index (χ2v) is 5.06. The zero-order valence-electron chi connectivity index (χ0n) is 11.0. The first-order chi connectivity index (χ1) is 7.45. The molecule has 0 spiro atoms. The molecular formula is C12H24N2O2. The summed E-state index contributed by atoms with van der Waals surface area (Å²) in [6.07, 6.45) is 1.11. The minimum Gasteiger partial charge on any atom is -0.380 e. The van der Waals surface area contributed by atoms with Gasteiger partial charge in [0.05, 0.1) is 18.3 Å². The van der Waals surface area contributed by atoms with E-state index in [9.17, 15) is 4.79 Å². The number of nitrogens with zero attached hydrogens (tertiary/aromatic N) is 1. The fourth-order valence-electron chi connectivity index (χ4n) is 2.08. The summed E-state index contributed by atoms with van der Waals surface area (Å²) in [4.78, 5) is 14.0. The van der Waals surface area contributed by atoms with E-state index in [1.54, 1.807) is 7.11 Å². The van der Waals surface area contributed by atoms with Gasteiger partial charge in [0.15, 0.2) is 0 Å². The Balaban J connectivity index is 2.56. The third-order valence-corrected chi connectivity index (χ3v) is 3.05. The Labute approximate surface area is 98.3 Å². The maximum absolute atomic E-state index is 12.1. The molecule has 0 radical (unpaired) electrons. The lowest BCUT2D eigenvalue weighted by Gasteiger charge is -2.23. The Morgan fingerprint density at radius 2 is 2.06 bits per heavy atom. The molecule has 1 aliphatic heterocycles. The average Bonchev–Trinajstić information content (AvgIpc) is 2.45. The molecule has 94 valence electrons. The largest absolute Gasteiger partial charge is 0.380 e. The molecule has 1 fully saturated rings. The molecule has 1 rings (SSSR count). The van der Waals surface area contributed by atoms with E-state index in [0.29, 0.717) is 12.5 Å². The van der Waals surface area contributed by atoms with E-state index in [4.69, 9.17) is 4.74 Å². The highest BCUT2D eigenvalue weighted by atomic mass is 16.5. The van der Waals surface area contributed by atoms with Crippen LogP contribution in [0.25, 0.3) is 0 Å². The summed E-state index contributed by atoms with van der Waals surface area (Å²) in [5.41, 5.74) is 0. The predicted molar refractivity (Wildman–Crippen MR) is 64.0 cm³/mol. The zero-order valence-corrected chi connectivity index (χ0v) is 11.0. The van der Waals surface area contributed by atoms with E-state index in [-0.39, 0.29) is 24.2 Å². The maximum Gasteiger partial charge on any atom is 0.241 e. The number of ether oxygens (including phenoxy) is 1. The molecule has 0 aromatic rings. The number of nitrogens with one attached hydrogen (secondary N) is 1. The summed E-state index contributed by atoms with van der Waals surface area (Å²) in [7, 11) is 1.68. The quantitative estimate of drug-likeness (QED) is 0.769. The first-order valence-electron chi connectivity index (χ1n) is 6.05. The molecule has 4 heteroatoms. The average molecular weight is 228 g/mol. The molecule has 0 aromatic carbocycles. The predicted octanol–water partition coefficient (Wildman–Crippen LogP) is 1.21. The lowest BCUT2D eigenvalue weighted by molar-refractivity contribution is -0.131. The third kappa shape index (κ3) is 3.19. The first-order valence-corrected chi connectivity index (χ1v) is 6.05. The summed E-state index contributed by atoms with van der Waals surface area (Å²) in [5.74, 6) is 0.749. The van der Waals surface area contributed by atoms with Crippen LogP contribution in [0.5, 0.6) is 0 Å². The third-order valence-electron chi connectivity index (χ3n) is 3.05. The van der Waals surface area contributed by atoms with Gasteiger partial charge in [-0.05, 0) is 26.2 Å². The minimum absolute atomic E-state index is 0.0148. The van der Waals surface area contributed by atoms with Crippen molar-refractivity contribution in [2.45, 2.75) is 52.4 Å². The fraction of sp³-hybridized carbons (Fsp3) is 0.917. The van der Waals surface area contributed by atoms with Gasteiger partial charge in [0.2, 0.25) is 5.91 Å². The van der Waals surface area contributed by atoms with Crippen molar-refractivity contribution < 1.29 is 9.53 Å². The lowest BCUT2D eigenvalue weighted by atomic mass is 10.0. The first kappa shape index (κ1) is 13.5. The lowest BCUT2D eigenvalue weighted by Crippen LogP contribution is -2.39. The van der Waals surface area contributed by atoms with Crippen LogP contribution in [0.15, 0.2) is 0 Å². The van der Waals surface area contributed by atoms with E-state index in [1.165, 1.54) is 0 Å². The number of hydrogen-bond donors (Lipinski definition) is 1. The maximum atomic E-state index is 12.1. The number of carbonyl (C=O) groups is 1. The SMILES string of the molecule is COC(C)CN1C(=O)C(CC(C)C)NC1C. The molecule has 16 heavy (non-hydrogen) atoms. The van der Waals surface area contributed by atoms with Crippen molar-refractivity contribution in [3.05, 3.63) is 0 Å². The summed E-state index contributed by atoms with van der Waals surface area (Å²) in [5, 5.41) is 3.34. The van der Waals surface area contributed by atoms with Crippen LogP contribution in [0, 0.1) is 5.92 Å². The molecule has 0 bridgehead atoms. The molecular weight excluding hydrogens is 204 g/mol. The van der Waals surface area contributed by atoms with Crippen molar-refractivity contribution in [2.75, 3.05) is 13.7 Å². The molecule has 1 N–H and O–H groups in total. The van der Waals surface area contributed by atoms with Gasteiger partial charge in [0, 0.05) is 13.7 Å². The normalized spacial score (nSPS) is 27.9. The molecule has 1 heterocycles. The van der Waals surface area contributed by atoms with Crippen LogP contribution in [-0.4, -0.2) is 42.8 Å². The van der Waals surface area contributed by atoms with E-state index in [1.807, 2.05) is 18.7 Å². The Hall–Kier alpha value is -0.610. The van der Waals surface area contributed by atoms with E-state index in [2.05, 4.69) is 19.2 Å². The van der Waals surface area contributed by atoms with E-state index < -0.39 is 0 Å². The fourth-order valence-corrected chi connectivity index (χ4v) is 2.08. The van der Waals surface area contributed by atoms with Gasteiger partial charge in [0.1, 0.15) is 0 Å².